The van der Waals surface area contributed by atoms with Crippen molar-refractivity contribution < 1.29 is 9.53 Å². The highest BCUT2D eigenvalue weighted by Gasteiger charge is 2.30. The van der Waals surface area contributed by atoms with Gasteiger partial charge in [0, 0.05) is 6.42 Å². The number of hydrogen-bond donors (Lipinski definition) is 0. The van der Waals surface area contributed by atoms with E-state index in [2.05, 4.69) is 0 Å². The molecule has 2 heteroatoms. The van der Waals surface area contributed by atoms with E-state index in [0.717, 1.165) is 6.42 Å². The van der Waals surface area contributed by atoms with Crippen LogP contribution in [0.4, 0.5) is 0 Å². The summed E-state index contributed by atoms with van der Waals surface area (Å²) in [4.78, 5) is 10.9. The maximum Gasteiger partial charge on any atom is 0.165 e. The SMILES string of the molecule is O=C1CC[C@@H]2C=C[C@H]1O2. The van der Waals surface area contributed by atoms with Crippen molar-refractivity contribution in [1.82, 2.24) is 0 Å². The van der Waals surface area contributed by atoms with Gasteiger partial charge in [0.1, 0.15) is 6.10 Å². The summed E-state index contributed by atoms with van der Waals surface area (Å²) in [5, 5.41) is 0. The molecule has 2 aliphatic heterocycles. The van der Waals surface area contributed by atoms with Crippen LogP contribution < -0.4 is 0 Å². The molecule has 0 amide bonds. The summed E-state index contributed by atoms with van der Waals surface area (Å²) >= 11 is 0. The molecule has 1 fully saturated rings. The zero-order valence-electron chi connectivity index (χ0n) is 5.04. The van der Waals surface area contributed by atoms with Crippen LogP contribution in [0.3, 0.4) is 0 Å². The summed E-state index contributed by atoms with van der Waals surface area (Å²) in [5.74, 6) is 0.236. The highest BCUT2D eigenvalue weighted by Crippen LogP contribution is 2.23. The number of carbonyl (C=O) groups is 1. The Kier molecular flexibility index (Phi) is 0.963. The fourth-order valence-electron chi connectivity index (χ4n) is 1.28. The molecule has 0 saturated carbocycles. The molecule has 0 unspecified atom stereocenters. The van der Waals surface area contributed by atoms with Crippen LogP contribution in [0.1, 0.15) is 12.8 Å². The third kappa shape index (κ3) is 0.704. The molecular formula is C7H8O2. The van der Waals surface area contributed by atoms with Gasteiger partial charge >= 0.3 is 0 Å². The third-order valence-electron chi connectivity index (χ3n) is 1.81. The fraction of sp³-hybridized carbons (Fsp3) is 0.571. The molecule has 2 atom stereocenters. The van der Waals surface area contributed by atoms with Crippen LogP contribution in [0.15, 0.2) is 12.2 Å². The average molecular weight is 124 g/mol. The van der Waals surface area contributed by atoms with E-state index in [1.807, 2.05) is 12.2 Å². The minimum atomic E-state index is -0.191. The van der Waals surface area contributed by atoms with Crippen molar-refractivity contribution in [1.29, 1.82) is 0 Å². The van der Waals surface area contributed by atoms with Gasteiger partial charge in [0.05, 0.1) is 6.10 Å². The van der Waals surface area contributed by atoms with Gasteiger partial charge in [-0.2, -0.15) is 0 Å². The summed E-state index contributed by atoms with van der Waals surface area (Å²) in [5.41, 5.74) is 0. The summed E-state index contributed by atoms with van der Waals surface area (Å²) < 4.78 is 5.25. The predicted octanol–water partition coefficient (Wildman–Crippen LogP) is 0.673. The number of fused-ring (bicyclic) bond motifs is 2. The maximum absolute atomic E-state index is 10.9. The Morgan fingerprint density at radius 1 is 1.56 bits per heavy atom. The van der Waals surface area contributed by atoms with Crippen molar-refractivity contribution in [3.63, 3.8) is 0 Å². The number of hydrogen-bond acceptors (Lipinski definition) is 2. The van der Waals surface area contributed by atoms with E-state index in [1.165, 1.54) is 0 Å². The zero-order chi connectivity index (χ0) is 6.27. The summed E-state index contributed by atoms with van der Waals surface area (Å²) in [6.45, 7) is 0. The van der Waals surface area contributed by atoms with E-state index in [4.69, 9.17) is 4.74 Å². The number of ether oxygens (including phenoxy) is 1. The van der Waals surface area contributed by atoms with Gasteiger partial charge in [0.2, 0.25) is 0 Å². The highest BCUT2D eigenvalue weighted by molar-refractivity contribution is 5.86. The lowest BCUT2D eigenvalue weighted by Crippen LogP contribution is -2.27. The van der Waals surface area contributed by atoms with E-state index >= 15 is 0 Å². The van der Waals surface area contributed by atoms with Crippen LogP contribution in [-0.4, -0.2) is 18.0 Å². The second-order valence-electron chi connectivity index (χ2n) is 2.49. The number of rotatable bonds is 0. The van der Waals surface area contributed by atoms with E-state index < -0.39 is 0 Å². The van der Waals surface area contributed by atoms with E-state index in [9.17, 15) is 4.79 Å². The zero-order valence-corrected chi connectivity index (χ0v) is 5.04. The van der Waals surface area contributed by atoms with Crippen LogP contribution >= 0.6 is 0 Å². The van der Waals surface area contributed by atoms with Gasteiger partial charge in [0.25, 0.3) is 0 Å². The summed E-state index contributed by atoms with van der Waals surface area (Å²) in [6, 6.07) is 0. The molecule has 2 bridgehead atoms. The first kappa shape index (κ1) is 5.18. The molecular weight excluding hydrogens is 116 g/mol. The van der Waals surface area contributed by atoms with Gasteiger partial charge in [-0.05, 0) is 12.5 Å². The van der Waals surface area contributed by atoms with E-state index in [0.29, 0.717) is 6.42 Å². The van der Waals surface area contributed by atoms with E-state index in [1.54, 1.807) is 0 Å². The van der Waals surface area contributed by atoms with Crippen LogP contribution in [0.5, 0.6) is 0 Å². The molecule has 2 heterocycles. The molecule has 0 aliphatic carbocycles. The molecule has 0 radical (unpaired) electrons. The average Bonchev–Trinajstić information content (AvgIpc) is 2.25. The molecule has 0 aromatic rings. The van der Waals surface area contributed by atoms with Crippen LogP contribution in [-0.2, 0) is 9.53 Å². The molecule has 0 aromatic heterocycles. The van der Waals surface area contributed by atoms with Gasteiger partial charge in [-0.3, -0.25) is 4.79 Å². The van der Waals surface area contributed by atoms with Crippen molar-refractivity contribution >= 4 is 5.78 Å². The topological polar surface area (TPSA) is 26.3 Å². The largest absolute Gasteiger partial charge is 0.359 e. The Hall–Kier alpha value is -0.630. The van der Waals surface area contributed by atoms with Crippen molar-refractivity contribution in [2.45, 2.75) is 25.0 Å². The molecule has 1 saturated heterocycles. The lowest BCUT2D eigenvalue weighted by atomic mass is 10.1. The molecule has 0 aromatic carbocycles. The predicted molar refractivity (Wildman–Crippen MR) is 32.0 cm³/mol. The molecule has 48 valence electrons. The Bertz CT molecular complexity index is 172. The first-order chi connectivity index (χ1) is 4.36. The molecule has 2 rings (SSSR count). The Morgan fingerprint density at radius 3 is 3.22 bits per heavy atom. The lowest BCUT2D eigenvalue weighted by molar-refractivity contribution is -0.133. The molecule has 9 heavy (non-hydrogen) atoms. The van der Waals surface area contributed by atoms with Crippen molar-refractivity contribution in [3.05, 3.63) is 12.2 Å². The van der Waals surface area contributed by atoms with Gasteiger partial charge in [0.15, 0.2) is 5.78 Å². The smallest absolute Gasteiger partial charge is 0.165 e. The van der Waals surface area contributed by atoms with Gasteiger partial charge in [-0.25, -0.2) is 0 Å². The van der Waals surface area contributed by atoms with Crippen LogP contribution in [0, 0.1) is 0 Å². The second-order valence-corrected chi connectivity index (χ2v) is 2.49. The van der Waals surface area contributed by atoms with Gasteiger partial charge in [-0.15, -0.1) is 0 Å². The lowest BCUT2D eigenvalue weighted by Gasteiger charge is -2.18. The Labute approximate surface area is 53.5 Å². The van der Waals surface area contributed by atoms with Crippen LogP contribution in [0.2, 0.25) is 0 Å². The highest BCUT2D eigenvalue weighted by atomic mass is 16.5. The monoisotopic (exact) mass is 124 g/mol. The van der Waals surface area contributed by atoms with Crippen molar-refractivity contribution in [3.8, 4) is 0 Å². The maximum atomic E-state index is 10.9. The van der Waals surface area contributed by atoms with Gasteiger partial charge < -0.3 is 4.74 Å². The Morgan fingerprint density at radius 2 is 2.44 bits per heavy atom. The standard InChI is InChI=1S/C7H8O2/c8-6-3-1-5-2-4-7(6)9-5/h2,4-5,7H,1,3H2/t5-,7-/m1/s1. The Balaban J connectivity index is 2.23. The first-order valence-corrected chi connectivity index (χ1v) is 3.23. The summed E-state index contributed by atoms with van der Waals surface area (Å²) in [7, 11) is 0. The second kappa shape index (κ2) is 1.67. The van der Waals surface area contributed by atoms with Gasteiger partial charge in [-0.1, -0.05) is 6.08 Å². The van der Waals surface area contributed by atoms with Crippen molar-refractivity contribution in [2.75, 3.05) is 0 Å². The first-order valence-electron chi connectivity index (χ1n) is 3.23. The quantitative estimate of drug-likeness (QED) is 0.444. The minimum Gasteiger partial charge on any atom is -0.359 e. The fourth-order valence-corrected chi connectivity index (χ4v) is 1.28. The molecule has 2 aliphatic rings. The molecule has 0 spiro atoms. The molecule has 2 nitrogen and oxygen atoms in total. The summed E-state index contributed by atoms with van der Waals surface area (Å²) in [6.07, 6.45) is 5.47. The van der Waals surface area contributed by atoms with E-state index in [-0.39, 0.29) is 18.0 Å². The number of Topliss-reactive ketones (excluding diaryl/α,β-unsaturated/α-hetero) is 1. The van der Waals surface area contributed by atoms with Crippen LogP contribution in [0.25, 0.3) is 0 Å². The third-order valence-corrected chi connectivity index (χ3v) is 1.81. The molecule has 0 N–H and O–H groups in total. The van der Waals surface area contributed by atoms with Crippen molar-refractivity contribution in [2.24, 2.45) is 0 Å². The number of ketones is 1. The normalized spacial score (nSPS) is 39.8. The number of carbonyl (C=O) groups excluding carboxylic acids is 1. The minimum absolute atomic E-state index is 0.191.